The summed E-state index contributed by atoms with van der Waals surface area (Å²) in [4.78, 5) is 12.4. The van der Waals surface area contributed by atoms with E-state index < -0.39 is 10.0 Å². The summed E-state index contributed by atoms with van der Waals surface area (Å²) >= 11 is 0. The molecule has 0 aliphatic carbocycles. The van der Waals surface area contributed by atoms with Crippen LogP contribution >= 0.6 is 0 Å². The molecule has 1 heterocycles. The molecular weight excluding hydrogens is 362 g/mol. The van der Waals surface area contributed by atoms with Gasteiger partial charge < -0.3 is 10.6 Å². The molecule has 1 aliphatic rings. The van der Waals surface area contributed by atoms with Gasteiger partial charge in [-0.1, -0.05) is 36.4 Å². The number of benzene rings is 2. The van der Waals surface area contributed by atoms with Gasteiger partial charge in [-0.3, -0.25) is 4.79 Å². The van der Waals surface area contributed by atoms with E-state index in [9.17, 15) is 13.2 Å². The summed E-state index contributed by atoms with van der Waals surface area (Å²) in [6, 6.07) is 16.3. The lowest BCUT2D eigenvalue weighted by Gasteiger charge is -2.17. The van der Waals surface area contributed by atoms with Crippen molar-refractivity contribution in [2.24, 2.45) is 0 Å². The number of hydrogen-bond donors (Lipinski definition) is 2. The minimum Gasteiger partial charge on any atom is -0.376 e. The second-order valence-electron chi connectivity index (χ2n) is 6.69. The van der Waals surface area contributed by atoms with Crippen LogP contribution in [0.15, 0.2) is 59.5 Å². The number of nitrogens with zero attached hydrogens (tertiary/aromatic N) is 1. The van der Waals surface area contributed by atoms with Crippen molar-refractivity contribution in [2.45, 2.75) is 30.7 Å². The van der Waals surface area contributed by atoms with Gasteiger partial charge in [-0.25, -0.2) is 8.42 Å². The van der Waals surface area contributed by atoms with Crippen molar-refractivity contribution < 1.29 is 13.2 Å². The lowest BCUT2D eigenvalue weighted by Crippen LogP contribution is -2.32. The summed E-state index contributed by atoms with van der Waals surface area (Å²) in [6.45, 7) is 3.14. The summed E-state index contributed by atoms with van der Waals surface area (Å²) < 4.78 is 26.8. The molecule has 1 amide bonds. The van der Waals surface area contributed by atoms with Gasteiger partial charge in [-0.15, -0.1) is 0 Å². The molecule has 3 rings (SSSR count). The molecule has 0 radical (unpaired) electrons. The number of anilines is 1. The third-order valence-electron chi connectivity index (χ3n) is 4.67. The lowest BCUT2D eigenvalue weighted by atomic mass is 10.1. The van der Waals surface area contributed by atoms with E-state index in [0.717, 1.165) is 18.4 Å². The number of nitrogens with one attached hydrogen (secondary N) is 2. The molecule has 0 spiro atoms. The Morgan fingerprint density at radius 2 is 1.78 bits per heavy atom. The molecule has 1 saturated heterocycles. The molecule has 0 unspecified atom stereocenters. The number of hydrogen-bond acceptors (Lipinski definition) is 4. The van der Waals surface area contributed by atoms with E-state index in [2.05, 4.69) is 10.6 Å². The van der Waals surface area contributed by atoms with Crippen LogP contribution in [-0.4, -0.2) is 38.3 Å². The van der Waals surface area contributed by atoms with E-state index in [-0.39, 0.29) is 23.4 Å². The van der Waals surface area contributed by atoms with Gasteiger partial charge in [0.1, 0.15) is 0 Å². The van der Waals surface area contributed by atoms with Gasteiger partial charge in [0, 0.05) is 18.8 Å². The molecule has 2 aromatic rings. The number of amides is 1. The van der Waals surface area contributed by atoms with Gasteiger partial charge in [-0.05, 0) is 43.5 Å². The first-order chi connectivity index (χ1) is 13.0. The molecular formula is C20H25N3O3S. The Bertz CT molecular complexity index is 878. The van der Waals surface area contributed by atoms with Gasteiger partial charge in [0.15, 0.2) is 0 Å². The third-order valence-corrected chi connectivity index (χ3v) is 6.56. The predicted octanol–water partition coefficient (Wildman–Crippen LogP) is 2.76. The lowest BCUT2D eigenvalue weighted by molar-refractivity contribution is -0.120. The maximum atomic E-state index is 12.6. The molecule has 144 valence electrons. The smallest absolute Gasteiger partial charge is 0.243 e. The van der Waals surface area contributed by atoms with Crippen LogP contribution in [0.3, 0.4) is 0 Å². The zero-order valence-corrected chi connectivity index (χ0v) is 16.2. The van der Waals surface area contributed by atoms with Crippen LogP contribution in [0.2, 0.25) is 0 Å². The van der Waals surface area contributed by atoms with Crippen molar-refractivity contribution in [1.29, 1.82) is 0 Å². The second kappa shape index (κ2) is 8.54. The Labute approximate surface area is 160 Å². The minimum atomic E-state index is -3.46. The van der Waals surface area contributed by atoms with Crippen LogP contribution in [0.5, 0.6) is 0 Å². The maximum absolute atomic E-state index is 12.6. The van der Waals surface area contributed by atoms with E-state index in [1.54, 1.807) is 24.3 Å². The Morgan fingerprint density at radius 1 is 1.07 bits per heavy atom. The van der Waals surface area contributed by atoms with Crippen molar-refractivity contribution in [3.63, 3.8) is 0 Å². The fraction of sp³-hybridized carbons (Fsp3) is 0.350. The number of carbonyl (C=O) groups excluding carboxylic acids is 1. The Kier molecular flexibility index (Phi) is 6.13. The second-order valence-corrected chi connectivity index (χ2v) is 8.63. The summed E-state index contributed by atoms with van der Waals surface area (Å²) in [6.07, 6.45) is 1.80. The largest absolute Gasteiger partial charge is 0.376 e. The first kappa shape index (κ1) is 19.4. The van der Waals surface area contributed by atoms with Crippen molar-refractivity contribution in [1.82, 2.24) is 9.62 Å². The van der Waals surface area contributed by atoms with Crippen molar-refractivity contribution in [3.05, 3.63) is 60.2 Å². The van der Waals surface area contributed by atoms with E-state index in [4.69, 9.17) is 0 Å². The van der Waals surface area contributed by atoms with Gasteiger partial charge in [0.25, 0.3) is 0 Å². The average molecular weight is 388 g/mol. The molecule has 0 saturated carbocycles. The molecule has 2 N–H and O–H groups in total. The third kappa shape index (κ3) is 4.87. The zero-order valence-electron chi connectivity index (χ0n) is 15.4. The maximum Gasteiger partial charge on any atom is 0.243 e. The van der Waals surface area contributed by atoms with E-state index in [1.807, 2.05) is 37.3 Å². The Morgan fingerprint density at radius 3 is 2.48 bits per heavy atom. The average Bonchev–Trinajstić information content (AvgIpc) is 3.23. The number of sulfonamides is 1. The predicted molar refractivity (Wildman–Crippen MR) is 106 cm³/mol. The molecule has 0 aromatic heterocycles. The monoisotopic (exact) mass is 387 g/mol. The highest BCUT2D eigenvalue weighted by molar-refractivity contribution is 7.89. The quantitative estimate of drug-likeness (QED) is 0.766. The highest BCUT2D eigenvalue weighted by Gasteiger charge is 2.27. The van der Waals surface area contributed by atoms with Crippen molar-refractivity contribution in [3.8, 4) is 0 Å². The van der Waals surface area contributed by atoms with Crippen LogP contribution < -0.4 is 10.6 Å². The Hall–Kier alpha value is -2.38. The fourth-order valence-corrected chi connectivity index (χ4v) is 4.71. The van der Waals surface area contributed by atoms with Gasteiger partial charge >= 0.3 is 0 Å². The van der Waals surface area contributed by atoms with Crippen LogP contribution in [0.25, 0.3) is 0 Å². The molecule has 1 aliphatic heterocycles. The minimum absolute atomic E-state index is 0.0738. The molecule has 2 aromatic carbocycles. The highest BCUT2D eigenvalue weighted by atomic mass is 32.2. The molecule has 27 heavy (non-hydrogen) atoms. The first-order valence-electron chi connectivity index (χ1n) is 9.15. The van der Waals surface area contributed by atoms with Crippen LogP contribution in [0.4, 0.5) is 5.69 Å². The van der Waals surface area contributed by atoms with Crippen LogP contribution in [0.1, 0.15) is 31.4 Å². The van der Waals surface area contributed by atoms with Crippen molar-refractivity contribution in [2.75, 3.05) is 25.0 Å². The number of rotatable bonds is 7. The Balaban J connectivity index is 1.59. The van der Waals surface area contributed by atoms with Gasteiger partial charge in [0.05, 0.1) is 17.5 Å². The summed E-state index contributed by atoms with van der Waals surface area (Å²) in [5.74, 6) is -0.154. The highest BCUT2D eigenvalue weighted by Crippen LogP contribution is 2.23. The molecule has 6 nitrogen and oxygen atoms in total. The molecule has 1 fully saturated rings. The van der Waals surface area contributed by atoms with E-state index in [0.29, 0.717) is 18.8 Å². The normalized spacial score (nSPS) is 16.0. The van der Waals surface area contributed by atoms with E-state index in [1.165, 1.54) is 4.31 Å². The standard InChI is InChI=1S/C20H25N3O3S/c1-16(17-8-3-2-4-9-17)22-20(24)15-21-18-10-7-11-19(14-18)27(25,26)23-12-5-6-13-23/h2-4,7-11,14,16,21H,5-6,12-13,15H2,1H3,(H,22,24)/t16-/m1/s1. The number of carbonyl (C=O) groups is 1. The molecule has 0 bridgehead atoms. The molecule has 7 heteroatoms. The summed E-state index contributed by atoms with van der Waals surface area (Å²) in [7, 11) is -3.46. The SMILES string of the molecule is C[C@@H](NC(=O)CNc1cccc(S(=O)(=O)N2CCCC2)c1)c1ccccc1. The van der Waals surface area contributed by atoms with Crippen LogP contribution in [-0.2, 0) is 14.8 Å². The summed E-state index contributed by atoms with van der Waals surface area (Å²) in [5.41, 5.74) is 1.64. The van der Waals surface area contributed by atoms with Crippen molar-refractivity contribution >= 4 is 21.6 Å². The van der Waals surface area contributed by atoms with Gasteiger partial charge in [-0.2, -0.15) is 4.31 Å². The topological polar surface area (TPSA) is 78.5 Å². The summed E-state index contributed by atoms with van der Waals surface area (Å²) in [5, 5.41) is 5.94. The fourth-order valence-electron chi connectivity index (χ4n) is 3.14. The van der Waals surface area contributed by atoms with Gasteiger partial charge in [0.2, 0.25) is 15.9 Å². The zero-order chi connectivity index (χ0) is 19.3. The van der Waals surface area contributed by atoms with E-state index >= 15 is 0 Å². The first-order valence-corrected chi connectivity index (χ1v) is 10.6. The molecule has 1 atom stereocenters. The van der Waals surface area contributed by atoms with Crippen LogP contribution in [0, 0.1) is 0 Å².